The molecule has 1 heterocycles. The van der Waals surface area contributed by atoms with Gasteiger partial charge in [0.25, 0.3) is 0 Å². The summed E-state index contributed by atoms with van der Waals surface area (Å²) in [7, 11) is -0.377. The van der Waals surface area contributed by atoms with Gasteiger partial charge in [0, 0.05) is 0 Å². The Bertz CT molecular complexity index is 1230. The third kappa shape index (κ3) is 3.58. The molecule has 154 valence electrons. The van der Waals surface area contributed by atoms with Gasteiger partial charge in [-0.15, -0.1) is 0 Å². The standard InChI is InChI=1S/C28H27BO2/c1-27(2)28(3,4)31-29(30-27)24-16-17-25(26(19-24)21-11-6-5-7-12-21)23-15-14-20-10-8-9-13-22(20)18-23/h5-19H,1-4H3. The van der Waals surface area contributed by atoms with Gasteiger partial charge in [-0.3, -0.25) is 0 Å². The van der Waals surface area contributed by atoms with Gasteiger partial charge in [-0.2, -0.15) is 0 Å². The summed E-state index contributed by atoms with van der Waals surface area (Å²) in [4.78, 5) is 0. The molecule has 1 aliphatic rings. The van der Waals surface area contributed by atoms with E-state index < -0.39 is 0 Å². The maximum Gasteiger partial charge on any atom is 0.494 e. The van der Waals surface area contributed by atoms with Gasteiger partial charge >= 0.3 is 7.12 Å². The van der Waals surface area contributed by atoms with Crippen molar-refractivity contribution >= 4 is 23.4 Å². The summed E-state index contributed by atoms with van der Waals surface area (Å²) in [5, 5.41) is 2.50. The van der Waals surface area contributed by atoms with E-state index in [2.05, 4.69) is 119 Å². The lowest BCUT2D eigenvalue weighted by molar-refractivity contribution is 0.00578. The fraction of sp³-hybridized carbons (Fsp3) is 0.214. The first-order valence-corrected chi connectivity index (χ1v) is 10.9. The van der Waals surface area contributed by atoms with E-state index in [9.17, 15) is 0 Å². The highest BCUT2D eigenvalue weighted by Crippen LogP contribution is 2.38. The number of rotatable bonds is 3. The Balaban J connectivity index is 1.63. The van der Waals surface area contributed by atoms with Crippen molar-refractivity contribution in [2.75, 3.05) is 0 Å². The average Bonchev–Trinajstić information content (AvgIpc) is 3.00. The molecule has 0 bridgehead atoms. The molecule has 4 aromatic rings. The second-order valence-electron chi connectivity index (χ2n) is 9.32. The minimum atomic E-state index is -0.377. The third-order valence-corrected chi connectivity index (χ3v) is 6.71. The molecule has 0 amide bonds. The number of benzene rings is 4. The lowest BCUT2D eigenvalue weighted by Gasteiger charge is -2.32. The zero-order chi connectivity index (χ0) is 21.6. The molecule has 1 fully saturated rings. The van der Waals surface area contributed by atoms with Crippen molar-refractivity contribution in [2.45, 2.75) is 38.9 Å². The van der Waals surface area contributed by atoms with E-state index in [1.165, 1.54) is 33.0 Å². The van der Waals surface area contributed by atoms with E-state index in [0.29, 0.717) is 0 Å². The van der Waals surface area contributed by atoms with Gasteiger partial charge in [-0.1, -0.05) is 84.9 Å². The van der Waals surface area contributed by atoms with Crippen LogP contribution in [0.3, 0.4) is 0 Å². The number of fused-ring (bicyclic) bond motifs is 1. The molecule has 31 heavy (non-hydrogen) atoms. The lowest BCUT2D eigenvalue weighted by atomic mass is 9.76. The maximum absolute atomic E-state index is 6.32. The molecule has 1 saturated heterocycles. The van der Waals surface area contributed by atoms with Crippen molar-refractivity contribution in [3.63, 3.8) is 0 Å². The molecule has 0 radical (unpaired) electrons. The van der Waals surface area contributed by atoms with Crippen molar-refractivity contribution in [1.29, 1.82) is 0 Å². The Labute approximate surface area is 185 Å². The molecule has 5 rings (SSSR count). The van der Waals surface area contributed by atoms with Crippen molar-refractivity contribution < 1.29 is 9.31 Å². The highest BCUT2D eigenvalue weighted by molar-refractivity contribution is 6.62. The molecule has 1 aliphatic heterocycles. The molecular weight excluding hydrogens is 379 g/mol. The number of hydrogen-bond donors (Lipinski definition) is 0. The molecule has 0 atom stereocenters. The Kier molecular flexibility index (Phi) is 4.77. The molecular formula is C28H27BO2. The van der Waals surface area contributed by atoms with Gasteiger partial charge < -0.3 is 9.31 Å². The van der Waals surface area contributed by atoms with Crippen LogP contribution in [0.15, 0.2) is 91.0 Å². The summed E-state index contributed by atoms with van der Waals surface area (Å²) in [6, 6.07) is 32.3. The predicted octanol–water partition coefficient (Wildman–Crippen LogP) is 6.47. The van der Waals surface area contributed by atoms with Crippen LogP contribution in [0.5, 0.6) is 0 Å². The summed E-state index contributed by atoms with van der Waals surface area (Å²) < 4.78 is 12.6. The fourth-order valence-electron chi connectivity index (χ4n) is 4.15. The van der Waals surface area contributed by atoms with Crippen LogP contribution in [0.1, 0.15) is 27.7 Å². The smallest absolute Gasteiger partial charge is 0.399 e. The summed E-state index contributed by atoms with van der Waals surface area (Å²) in [5.41, 5.74) is 5.10. The fourth-order valence-corrected chi connectivity index (χ4v) is 4.15. The monoisotopic (exact) mass is 406 g/mol. The van der Waals surface area contributed by atoms with E-state index in [1.807, 2.05) is 0 Å². The Morgan fingerprint density at radius 1 is 0.548 bits per heavy atom. The summed E-state index contributed by atoms with van der Waals surface area (Å²) in [6.45, 7) is 8.37. The van der Waals surface area contributed by atoms with Crippen LogP contribution >= 0.6 is 0 Å². The van der Waals surface area contributed by atoms with Crippen LogP contribution in [-0.2, 0) is 9.31 Å². The minimum absolute atomic E-state index is 0.360. The van der Waals surface area contributed by atoms with Crippen molar-refractivity contribution in [3.8, 4) is 22.3 Å². The molecule has 3 heteroatoms. The molecule has 2 nitrogen and oxygen atoms in total. The highest BCUT2D eigenvalue weighted by atomic mass is 16.7. The van der Waals surface area contributed by atoms with Crippen LogP contribution in [-0.4, -0.2) is 18.3 Å². The molecule has 0 saturated carbocycles. The van der Waals surface area contributed by atoms with E-state index in [4.69, 9.17) is 9.31 Å². The van der Waals surface area contributed by atoms with Gasteiger partial charge in [0.15, 0.2) is 0 Å². The summed E-state index contributed by atoms with van der Waals surface area (Å²) in [5.74, 6) is 0. The van der Waals surface area contributed by atoms with Gasteiger partial charge in [-0.05, 0) is 72.3 Å². The molecule has 0 aliphatic carbocycles. The van der Waals surface area contributed by atoms with E-state index >= 15 is 0 Å². The zero-order valence-corrected chi connectivity index (χ0v) is 18.6. The first-order valence-electron chi connectivity index (χ1n) is 10.9. The van der Waals surface area contributed by atoms with Gasteiger partial charge in [0.2, 0.25) is 0 Å². The highest BCUT2D eigenvalue weighted by Gasteiger charge is 2.51. The van der Waals surface area contributed by atoms with Crippen molar-refractivity contribution in [1.82, 2.24) is 0 Å². The van der Waals surface area contributed by atoms with E-state index in [-0.39, 0.29) is 18.3 Å². The summed E-state index contributed by atoms with van der Waals surface area (Å²) >= 11 is 0. The van der Waals surface area contributed by atoms with Crippen LogP contribution < -0.4 is 5.46 Å². The molecule has 0 aromatic heterocycles. The first-order chi connectivity index (χ1) is 14.8. The van der Waals surface area contributed by atoms with Crippen LogP contribution in [0.2, 0.25) is 0 Å². The predicted molar refractivity (Wildman–Crippen MR) is 131 cm³/mol. The lowest BCUT2D eigenvalue weighted by Crippen LogP contribution is -2.41. The summed E-state index contributed by atoms with van der Waals surface area (Å²) in [6.07, 6.45) is 0. The van der Waals surface area contributed by atoms with E-state index in [1.54, 1.807) is 0 Å². The van der Waals surface area contributed by atoms with Crippen molar-refractivity contribution in [3.05, 3.63) is 91.0 Å². The first kappa shape index (κ1) is 20.1. The number of hydrogen-bond acceptors (Lipinski definition) is 2. The molecule has 0 unspecified atom stereocenters. The largest absolute Gasteiger partial charge is 0.494 e. The topological polar surface area (TPSA) is 18.5 Å². The SMILES string of the molecule is CC1(C)OB(c2ccc(-c3ccc4ccccc4c3)c(-c3ccccc3)c2)OC1(C)C. The average molecular weight is 406 g/mol. The van der Waals surface area contributed by atoms with Gasteiger partial charge in [-0.25, -0.2) is 0 Å². The Hall–Kier alpha value is -2.88. The zero-order valence-electron chi connectivity index (χ0n) is 18.6. The molecule has 4 aromatic carbocycles. The Morgan fingerprint density at radius 2 is 1.19 bits per heavy atom. The molecule has 0 N–H and O–H groups in total. The second-order valence-corrected chi connectivity index (χ2v) is 9.32. The minimum Gasteiger partial charge on any atom is -0.399 e. The maximum atomic E-state index is 6.32. The quantitative estimate of drug-likeness (QED) is 0.363. The third-order valence-electron chi connectivity index (χ3n) is 6.71. The van der Waals surface area contributed by atoms with Crippen molar-refractivity contribution in [2.24, 2.45) is 0 Å². The van der Waals surface area contributed by atoms with Gasteiger partial charge in [0.1, 0.15) is 0 Å². The normalized spacial score (nSPS) is 17.2. The van der Waals surface area contributed by atoms with Crippen LogP contribution in [0, 0.1) is 0 Å². The Morgan fingerprint density at radius 3 is 1.90 bits per heavy atom. The van der Waals surface area contributed by atoms with Crippen LogP contribution in [0.4, 0.5) is 0 Å². The van der Waals surface area contributed by atoms with E-state index in [0.717, 1.165) is 5.46 Å². The second kappa shape index (κ2) is 7.37. The van der Waals surface area contributed by atoms with Crippen LogP contribution in [0.25, 0.3) is 33.0 Å². The molecule has 0 spiro atoms. The van der Waals surface area contributed by atoms with Gasteiger partial charge in [0.05, 0.1) is 11.2 Å².